The van der Waals surface area contributed by atoms with Gasteiger partial charge in [-0.2, -0.15) is 0 Å². The maximum absolute atomic E-state index is 12.0. The summed E-state index contributed by atoms with van der Waals surface area (Å²) in [5, 5.41) is 0. The Kier molecular flexibility index (Phi) is 3.97. The molecule has 0 spiro atoms. The SMILES string of the molecule is Cc1cc(C)cc(N(C)CC(=O)C(C)(C)C)c1. The second-order valence-electron chi connectivity index (χ2n) is 5.88. The molecule has 0 atom stereocenters. The third-order valence-corrected chi connectivity index (χ3v) is 2.86. The molecule has 94 valence electrons. The highest BCUT2D eigenvalue weighted by atomic mass is 16.1. The smallest absolute Gasteiger partial charge is 0.157 e. The van der Waals surface area contributed by atoms with E-state index < -0.39 is 0 Å². The number of carbonyl (C=O) groups excluding carboxylic acids is 1. The van der Waals surface area contributed by atoms with Gasteiger partial charge in [0.25, 0.3) is 0 Å². The summed E-state index contributed by atoms with van der Waals surface area (Å²) in [6, 6.07) is 6.37. The second-order valence-corrected chi connectivity index (χ2v) is 5.88. The molecule has 17 heavy (non-hydrogen) atoms. The first-order valence-electron chi connectivity index (χ1n) is 6.03. The standard InChI is InChI=1S/C15H23NO/c1-11-7-12(2)9-13(8-11)16(6)10-14(17)15(3,4)5/h7-9H,10H2,1-6H3. The van der Waals surface area contributed by atoms with E-state index in [2.05, 4.69) is 32.0 Å². The zero-order chi connectivity index (χ0) is 13.2. The van der Waals surface area contributed by atoms with Crippen LogP contribution in [0.2, 0.25) is 0 Å². The van der Waals surface area contributed by atoms with Gasteiger partial charge in [0.05, 0.1) is 6.54 Å². The fraction of sp³-hybridized carbons (Fsp3) is 0.533. The van der Waals surface area contributed by atoms with E-state index in [9.17, 15) is 4.79 Å². The maximum atomic E-state index is 12.0. The van der Waals surface area contributed by atoms with Crippen LogP contribution in [0.5, 0.6) is 0 Å². The second kappa shape index (κ2) is 4.91. The largest absolute Gasteiger partial charge is 0.367 e. The summed E-state index contributed by atoms with van der Waals surface area (Å²) in [5.74, 6) is 0.263. The van der Waals surface area contributed by atoms with Crippen LogP contribution in [0, 0.1) is 19.3 Å². The predicted molar refractivity (Wildman–Crippen MR) is 73.6 cm³/mol. The molecule has 0 unspecified atom stereocenters. The Morgan fingerprint density at radius 1 is 1.12 bits per heavy atom. The molecule has 2 heteroatoms. The van der Waals surface area contributed by atoms with Crippen molar-refractivity contribution >= 4 is 11.5 Å². The molecule has 1 rings (SSSR count). The van der Waals surface area contributed by atoms with Gasteiger partial charge in [0.15, 0.2) is 5.78 Å². The molecule has 1 aromatic rings. The molecule has 0 aliphatic rings. The maximum Gasteiger partial charge on any atom is 0.157 e. The Balaban J connectivity index is 2.83. The number of hydrogen-bond donors (Lipinski definition) is 0. The average molecular weight is 233 g/mol. The van der Waals surface area contributed by atoms with Crippen LogP contribution in [0.15, 0.2) is 18.2 Å². The van der Waals surface area contributed by atoms with Crippen molar-refractivity contribution in [1.29, 1.82) is 0 Å². The quantitative estimate of drug-likeness (QED) is 0.798. The summed E-state index contributed by atoms with van der Waals surface area (Å²) >= 11 is 0. The Labute approximate surface area is 105 Å². The average Bonchev–Trinajstić information content (AvgIpc) is 2.14. The molecule has 0 amide bonds. The number of rotatable bonds is 3. The van der Waals surface area contributed by atoms with Gasteiger partial charge < -0.3 is 4.90 Å². The number of Topliss-reactive ketones (excluding diaryl/α,β-unsaturated/α-hetero) is 1. The van der Waals surface area contributed by atoms with Crippen LogP contribution < -0.4 is 4.90 Å². The lowest BCUT2D eigenvalue weighted by molar-refractivity contribution is -0.124. The van der Waals surface area contributed by atoms with E-state index in [1.807, 2.05) is 32.7 Å². The van der Waals surface area contributed by atoms with Crippen molar-refractivity contribution in [2.75, 3.05) is 18.5 Å². The molecule has 0 N–H and O–H groups in total. The van der Waals surface area contributed by atoms with Gasteiger partial charge in [-0.05, 0) is 37.1 Å². The normalized spacial score (nSPS) is 11.4. The fourth-order valence-electron chi connectivity index (χ4n) is 1.71. The number of anilines is 1. The van der Waals surface area contributed by atoms with Gasteiger partial charge >= 0.3 is 0 Å². The molecule has 0 radical (unpaired) electrons. The van der Waals surface area contributed by atoms with Gasteiger partial charge in [-0.15, -0.1) is 0 Å². The van der Waals surface area contributed by atoms with Gasteiger partial charge in [0, 0.05) is 18.2 Å². The molecule has 0 heterocycles. The lowest BCUT2D eigenvalue weighted by Crippen LogP contribution is -2.33. The van der Waals surface area contributed by atoms with Crippen LogP contribution >= 0.6 is 0 Å². The molecule has 0 bridgehead atoms. The zero-order valence-electron chi connectivity index (χ0n) is 11.8. The first-order valence-corrected chi connectivity index (χ1v) is 6.03. The molecule has 0 aliphatic carbocycles. The minimum absolute atomic E-state index is 0.263. The van der Waals surface area contributed by atoms with Crippen molar-refractivity contribution in [2.45, 2.75) is 34.6 Å². The Morgan fingerprint density at radius 2 is 1.59 bits per heavy atom. The number of aryl methyl sites for hydroxylation is 2. The molecular weight excluding hydrogens is 210 g/mol. The Hall–Kier alpha value is -1.31. The van der Waals surface area contributed by atoms with Crippen LogP contribution in [0.4, 0.5) is 5.69 Å². The summed E-state index contributed by atoms with van der Waals surface area (Å²) in [7, 11) is 1.97. The van der Waals surface area contributed by atoms with Crippen LogP contribution in [0.1, 0.15) is 31.9 Å². The van der Waals surface area contributed by atoms with Gasteiger partial charge in [0.1, 0.15) is 0 Å². The minimum Gasteiger partial charge on any atom is -0.367 e. The number of nitrogens with zero attached hydrogens (tertiary/aromatic N) is 1. The molecule has 2 nitrogen and oxygen atoms in total. The molecule has 0 fully saturated rings. The summed E-state index contributed by atoms with van der Waals surface area (Å²) in [6.07, 6.45) is 0. The summed E-state index contributed by atoms with van der Waals surface area (Å²) < 4.78 is 0. The highest BCUT2D eigenvalue weighted by Gasteiger charge is 2.22. The number of hydrogen-bond acceptors (Lipinski definition) is 2. The van der Waals surface area contributed by atoms with Crippen molar-refractivity contribution in [2.24, 2.45) is 5.41 Å². The van der Waals surface area contributed by atoms with Crippen LogP contribution in [-0.4, -0.2) is 19.4 Å². The van der Waals surface area contributed by atoms with Crippen molar-refractivity contribution in [3.05, 3.63) is 29.3 Å². The first-order chi connectivity index (χ1) is 7.70. The molecule has 0 saturated carbocycles. The van der Waals surface area contributed by atoms with Crippen LogP contribution in [-0.2, 0) is 4.79 Å². The lowest BCUT2D eigenvalue weighted by Gasteiger charge is -2.24. The number of benzene rings is 1. The molecule has 0 aliphatic heterocycles. The van der Waals surface area contributed by atoms with E-state index in [1.54, 1.807) is 0 Å². The van der Waals surface area contributed by atoms with Crippen molar-refractivity contribution in [3.8, 4) is 0 Å². The van der Waals surface area contributed by atoms with E-state index in [-0.39, 0.29) is 11.2 Å². The molecule has 1 aromatic carbocycles. The monoisotopic (exact) mass is 233 g/mol. The number of carbonyl (C=O) groups is 1. The zero-order valence-corrected chi connectivity index (χ0v) is 11.8. The molecule has 0 aromatic heterocycles. The Bertz CT molecular complexity index is 395. The van der Waals surface area contributed by atoms with E-state index in [1.165, 1.54) is 11.1 Å². The number of ketones is 1. The lowest BCUT2D eigenvalue weighted by atomic mass is 9.90. The van der Waals surface area contributed by atoms with Crippen molar-refractivity contribution < 1.29 is 4.79 Å². The molecular formula is C15H23NO. The predicted octanol–water partition coefficient (Wildman–Crippen LogP) is 3.35. The first kappa shape index (κ1) is 13.8. The topological polar surface area (TPSA) is 20.3 Å². The Morgan fingerprint density at radius 3 is 2.00 bits per heavy atom. The molecule has 0 saturated heterocycles. The minimum atomic E-state index is -0.271. The van der Waals surface area contributed by atoms with Gasteiger partial charge in [-0.1, -0.05) is 26.8 Å². The summed E-state index contributed by atoms with van der Waals surface area (Å²) in [6.45, 7) is 10.5. The third-order valence-electron chi connectivity index (χ3n) is 2.86. The fourth-order valence-corrected chi connectivity index (χ4v) is 1.71. The van der Waals surface area contributed by atoms with E-state index in [4.69, 9.17) is 0 Å². The summed E-state index contributed by atoms with van der Waals surface area (Å²) in [5.41, 5.74) is 3.30. The van der Waals surface area contributed by atoms with Crippen LogP contribution in [0.3, 0.4) is 0 Å². The van der Waals surface area contributed by atoms with Gasteiger partial charge in [-0.3, -0.25) is 4.79 Å². The van der Waals surface area contributed by atoms with Crippen molar-refractivity contribution in [3.63, 3.8) is 0 Å². The van der Waals surface area contributed by atoms with E-state index >= 15 is 0 Å². The van der Waals surface area contributed by atoms with Gasteiger partial charge in [-0.25, -0.2) is 0 Å². The van der Waals surface area contributed by atoms with Crippen LogP contribution in [0.25, 0.3) is 0 Å². The van der Waals surface area contributed by atoms with E-state index in [0.717, 1.165) is 5.69 Å². The van der Waals surface area contributed by atoms with Crippen molar-refractivity contribution in [1.82, 2.24) is 0 Å². The highest BCUT2D eigenvalue weighted by molar-refractivity contribution is 5.87. The van der Waals surface area contributed by atoms with Gasteiger partial charge in [0.2, 0.25) is 0 Å². The number of likely N-dealkylation sites (N-methyl/N-ethyl adjacent to an activating group) is 1. The third kappa shape index (κ3) is 3.88. The summed E-state index contributed by atoms with van der Waals surface area (Å²) in [4.78, 5) is 14.0. The van der Waals surface area contributed by atoms with E-state index in [0.29, 0.717) is 6.54 Å². The highest BCUT2D eigenvalue weighted by Crippen LogP contribution is 2.20.